The van der Waals surface area contributed by atoms with Crippen LogP contribution in [0, 0.1) is 0 Å². The van der Waals surface area contributed by atoms with Gasteiger partial charge in [-0.2, -0.15) is 0 Å². The minimum absolute atomic E-state index is 0.104. The largest absolute Gasteiger partial charge is 0.355 e. The van der Waals surface area contributed by atoms with Gasteiger partial charge in [-0.25, -0.2) is 0 Å². The van der Waals surface area contributed by atoms with Gasteiger partial charge < -0.3 is 16.0 Å². The van der Waals surface area contributed by atoms with Crippen molar-refractivity contribution >= 4 is 17.5 Å². The number of anilines is 1. The van der Waals surface area contributed by atoms with Crippen LogP contribution in [0.5, 0.6) is 0 Å². The number of carbonyl (C=O) groups is 2. The fraction of sp³-hybridized carbons (Fsp3) is 0.385. The van der Waals surface area contributed by atoms with Gasteiger partial charge in [0.25, 0.3) is 5.91 Å². The van der Waals surface area contributed by atoms with Gasteiger partial charge in [0.05, 0.1) is 11.3 Å². The van der Waals surface area contributed by atoms with Crippen molar-refractivity contribution in [2.75, 3.05) is 25.5 Å². The lowest BCUT2D eigenvalue weighted by atomic mass is 10.1. The number of nitrogens with one attached hydrogen (secondary N) is 3. The van der Waals surface area contributed by atoms with E-state index in [1.165, 1.54) is 0 Å². The highest BCUT2D eigenvalue weighted by Gasteiger charge is 2.11. The number of para-hydroxylation sites is 1. The minimum atomic E-state index is -0.211. The number of hydrogen-bond donors (Lipinski definition) is 3. The molecule has 0 spiro atoms. The van der Waals surface area contributed by atoms with E-state index >= 15 is 0 Å². The zero-order chi connectivity index (χ0) is 13.4. The second-order valence-electron chi connectivity index (χ2n) is 3.78. The summed E-state index contributed by atoms with van der Waals surface area (Å²) in [6.45, 7) is 3.45. The first-order chi connectivity index (χ1) is 8.69. The van der Waals surface area contributed by atoms with Crippen molar-refractivity contribution in [1.82, 2.24) is 10.6 Å². The summed E-state index contributed by atoms with van der Waals surface area (Å²) in [4.78, 5) is 23.3. The predicted molar refractivity (Wildman–Crippen MR) is 71.6 cm³/mol. The predicted octanol–water partition coefficient (Wildman–Crippen LogP) is 0.984. The highest BCUT2D eigenvalue weighted by atomic mass is 16.2. The van der Waals surface area contributed by atoms with Gasteiger partial charge in [0.1, 0.15) is 0 Å². The number of carbonyl (C=O) groups excluding carboxylic acids is 2. The third-order valence-electron chi connectivity index (χ3n) is 2.45. The number of hydrogen-bond acceptors (Lipinski definition) is 3. The second kappa shape index (κ2) is 7.45. The van der Waals surface area contributed by atoms with Crippen LogP contribution in [-0.4, -0.2) is 32.0 Å². The summed E-state index contributed by atoms with van der Waals surface area (Å²) in [5.41, 5.74) is 1.01. The summed E-state index contributed by atoms with van der Waals surface area (Å²) in [6, 6.07) is 6.94. The van der Waals surface area contributed by atoms with E-state index in [9.17, 15) is 9.59 Å². The van der Waals surface area contributed by atoms with Crippen molar-refractivity contribution in [2.24, 2.45) is 0 Å². The molecule has 1 aromatic rings. The SMILES string of the molecule is CCNCCC(=O)Nc1ccccc1C(=O)NC. The normalized spacial score (nSPS) is 9.89. The Balaban J connectivity index is 2.66. The molecule has 5 heteroatoms. The zero-order valence-electron chi connectivity index (χ0n) is 10.7. The zero-order valence-corrected chi connectivity index (χ0v) is 10.7. The minimum Gasteiger partial charge on any atom is -0.355 e. The smallest absolute Gasteiger partial charge is 0.253 e. The average Bonchev–Trinajstić information content (AvgIpc) is 2.39. The Morgan fingerprint density at radius 2 is 1.94 bits per heavy atom. The summed E-state index contributed by atoms with van der Waals surface area (Å²) in [5, 5.41) is 8.36. The van der Waals surface area contributed by atoms with E-state index in [-0.39, 0.29) is 11.8 Å². The van der Waals surface area contributed by atoms with Crippen LogP contribution in [0.2, 0.25) is 0 Å². The third kappa shape index (κ3) is 4.18. The maximum Gasteiger partial charge on any atom is 0.253 e. The van der Waals surface area contributed by atoms with Crippen molar-refractivity contribution in [3.05, 3.63) is 29.8 Å². The Hall–Kier alpha value is -1.88. The second-order valence-corrected chi connectivity index (χ2v) is 3.78. The van der Waals surface area contributed by atoms with Crippen LogP contribution >= 0.6 is 0 Å². The van der Waals surface area contributed by atoms with E-state index in [2.05, 4.69) is 16.0 Å². The highest BCUT2D eigenvalue weighted by Crippen LogP contribution is 2.14. The molecule has 0 radical (unpaired) electrons. The monoisotopic (exact) mass is 249 g/mol. The molecule has 3 N–H and O–H groups in total. The van der Waals surface area contributed by atoms with Crippen LogP contribution in [0.25, 0.3) is 0 Å². The molecule has 0 saturated heterocycles. The molecule has 0 fully saturated rings. The molecule has 0 unspecified atom stereocenters. The summed E-state index contributed by atoms with van der Waals surface area (Å²) in [6.07, 6.45) is 0.385. The summed E-state index contributed by atoms with van der Waals surface area (Å²) >= 11 is 0. The van der Waals surface area contributed by atoms with Crippen molar-refractivity contribution in [2.45, 2.75) is 13.3 Å². The van der Waals surface area contributed by atoms with Gasteiger partial charge in [-0.05, 0) is 18.7 Å². The highest BCUT2D eigenvalue weighted by molar-refractivity contribution is 6.03. The van der Waals surface area contributed by atoms with E-state index in [0.717, 1.165) is 6.54 Å². The van der Waals surface area contributed by atoms with Crippen LogP contribution in [0.3, 0.4) is 0 Å². The van der Waals surface area contributed by atoms with Gasteiger partial charge in [0.15, 0.2) is 0 Å². The summed E-state index contributed by atoms with van der Waals surface area (Å²) < 4.78 is 0. The molecule has 0 aliphatic rings. The molecule has 18 heavy (non-hydrogen) atoms. The van der Waals surface area contributed by atoms with Crippen LogP contribution in [0.1, 0.15) is 23.7 Å². The Kier molecular flexibility index (Phi) is 5.87. The molecule has 1 rings (SSSR count). The molecule has 2 amide bonds. The first-order valence-corrected chi connectivity index (χ1v) is 6.00. The lowest BCUT2D eigenvalue weighted by Gasteiger charge is -2.10. The Bertz CT molecular complexity index is 418. The quantitative estimate of drug-likeness (QED) is 0.658. The van der Waals surface area contributed by atoms with Gasteiger partial charge >= 0.3 is 0 Å². The molecule has 0 aliphatic heterocycles. The van der Waals surface area contributed by atoms with Crippen molar-refractivity contribution < 1.29 is 9.59 Å². The number of rotatable bonds is 6. The molecular weight excluding hydrogens is 230 g/mol. The number of amides is 2. The summed E-state index contributed by atoms with van der Waals surface area (Å²) in [7, 11) is 1.56. The topological polar surface area (TPSA) is 70.2 Å². The maximum absolute atomic E-state index is 11.7. The van der Waals surface area contributed by atoms with Gasteiger partial charge in [0, 0.05) is 20.0 Å². The first-order valence-electron chi connectivity index (χ1n) is 6.00. The fourth-order valence-electron chi connectivity index (χ4n) is 1.52. The standard InChI is InChI=1S/C13H19N3O2/c1-3-15-9-8-12(17)16-11-7-5-4-6-10(11)13(18)14-2/h4-7,15H,3,8-9H2,1-2H3,(H,14,18)(H,16,17). The molecule has 0 saturated carbocycles. The third-order valence-corrected chi connectivity index (χ3v) is 2.45. The first kappa shape index (κ1) is 14.2. The van der Waals surface area contributed by atoms with Gasteiger partial charge in [-0.15, -0.1) is 0 Å². The molecule has 0 atom stereocenters. The molecule has 0 aromatic heterocycles. The van der Waals surface area contributed by atoms with Gasteiger partial charge in [0.2, 0.25) is 5.91 Å². The molecular formula is C13H19N3O2. The van der Waals surface area contributed by atoms with Crippen molar-refractivity contribution in [3.8, 4) is 0 Å². The van der Waals surface area contributed by atoms with E-state index in [1.54, 1.807) is 31.3 Å². The van der Waals surface area contributed by atoms with E-state index < -0.39 is 0 Å². The van der Waals surface area contributed by atoms with Crippen molar-refractivity contribution in [3.63, 3.8) is 0 Å². The van der Waals surface area contributed by atoms with Crippen LogP contribution in [0.15, 0.2) is 24.3 Å². The average molecular weight is 249 g/mol. The Morgan fingerprint density at radius 3 is 2.61 bits per heavy atom. The van der Waals surface area contributed by atoms with E-state index in [0.29, 0.717) is 24.2 Å². The Morgan fingerprint density at radius 1 is 1.22 bits per heavy atom. The summed E-state index contributed by atoms with van der Waals surface area (Å²) in [5.74, 6) is -0.315. The lowest BCUT2D eigenvalue weighted by Crippen LogP contribution is -2.24. The molecule has 0 bridgehead atoms. The van der Waals surface area contributed by atoms with Crippen molar-refractivity contribution in [1.29, 1.82) is 0 Å². The van der Waals surface area contributed by atoms with Crippen LogP contribution in [-0.2, 0) is 4.79 Å². The van der Waals surface area contributed by atoms with Gasteiger partial charge in [-0.3, -0.25) is 9.59 Å². The number of benzene rings is 1. The molecule has 98 valence electrons. The fourth-order valence-corrected chi connectivity index (χ4v) is 1.52. The van der Waals surface area contributed by atoms with Crippen LogP contribution in [0.4, 0.5) is 5.69 Å². The molecule has 0 heterocycles. The van der Waals surface area contributed by atoms with Crippen LogP contribution < -0.4 is 16.0 Å². The maximum atomic E-state index is 11.7. The molecule has 0 aliphatic carbocycles. The lowest BCUT2D eigenvalue weighted by molar-refractivity contribution is -0.116. The van der Waals surface area contributed by atoms with Gasteiger partial charge in [-0.1, -0.05) is 19.1 Å². The van der Waals surface area contributed by atoms with E-state index in [1.807, 2.05) is 6.92 Å². The Labute approximate surface area is 107 Å². The van der Waals surface area contributed by atoms with E-state index in [4.69, 9.17) is 0 Å². The molecule has 1 aromatic carbocycles. The molecule has 5 nitrogen and oxygen atoms in total.